The van der Waals surface area contributed by atoms with Crippen LogP contribution in [0.3, 0.4) is 0 Å². The number of nitrogens with zero attached hydrogens (tertiary/aromatic N) is 1. The highest BCUT2D eigenvalue weighted by molar-refractivity contribution is 7.89. The molecule has 8 heteroatoms. The molecule has 1 atom stereocenters. The molecule has 0 aliphatic carbocycles. The lowest BCUT2D eigenvalue weighted by Crippen LogP contribution is -2.45. The number of amides is 2. The first-order valence-corrected chi connectivity index (χ1v) is 11.0. The predicted octanol–water partition coefficient (Wildman–Crippen LogP) is 2.92. The molecule has 154 valence electrons. The number of anilines is 2. The van der Waals surface area contributed by atoms with Crippen LogP contribution in [0.4, 0.5) is 11.4 Å². The number of sulfonamides is 1. The summed E-state index contributed by atoms with van der Waals surface area (Å²) in [5.74, 6) is -0.478. The van der Waals surface area contributed by atoms with Crippen molar-refractivity contribution in [3.63, 3.8) is 0 Å². The van der Waals surface area contributed by atoms with Gasteiger partial charge in [0.25, 0.3) is 0 Å². The third-order valence-corrected chi connectivity index (χ3v) is 7.06. The van der Waals surface area contributed by atoms with Gasteiger partial charge in [-0.25, -0.2) is 8.42 Å². The van der Waals surface area contributed by atoms with E-state index in [-0.39, 0.29) is 17.3 Å². The van der Waals surface area contributed by atoms with E-state index in [2.05, 4.69) is 10.6 Å². The SMILES string of the molecule is CCN([C@@H](C)C(=O)Nc1ccc(C)cc1)S(=O)(=O)c1ccc2c(c1)CCC(=O)N2. The number of hydrogen-bond donors (Lipinski definition) is 2. The van der Waals surface area contributed by atoms with E-state index in [4.69, 9.17) is 0 Å². The van der Waals surface area contributed by atoms with Crippen LogP contribution < -0.4 is 10.6 Å². The van der Waals surface area contributed by atoms with E-state index >= 15 is 0 Å². The highest BCUT2D eigenvalue weighted by Gasteiger charge is 2.32. The third-order valence-electron chi connectivity index (χ3n) is 5.02. The Hall–Kier alpha value is -2.71. The zero-order chi connectivity index (χ0) is 21.2. The number of rotatable bonds is 6. The molecule has 2 N–H and O–H groups in total. The molecule has 1 heterocycles. The minimum absolute atomic E-state index is 0.0790. The number of likely N-dealkylation sites (N-methyl/N-ethyl adjacent to an activating group) is 1. The Kier molecular flexibility index (Phi) is 6.04. The Bertz CT molecular complexity index is 1030. The lowest BCUT2D eigenvalue weighted by Gasteiger charge is -2.27. The van der Waals surface area contributed by atoms with Crippen LogP contribution in [0.1, 0.15) is 31.4 Å². The first-order chi connectivity index (χ1) is 13.7. The molecule has 2 amide bonds. The van der Waals surface area contributed by atoms with Crippen molar-refractivity contribution in [2.45, 2.75) is 44.6 Å². The Balaban J connectivity index is 1.82. The second kappa shape index (κ2) is 8.34. The molecule has 3 rings (SSSR count). The average molecular weight is 416 g/mol. The number of aryl methyl sites for hydroxylation is 2. The molecule has 0 saturated carbocycles. The lowest BCUT2D eigenvalue weighted by atomic mass is 10.0. The summed E-state index contributed by atoms with van der Waals surface area (Å²) in [4.78, 5) is 24.3. The normalized spacial score (nSPS) is 14.8. The van der Waals surface area contributed by atoms with Crippen molar-refractivity contribution in [2.75, 3.05) is 17.2 Å². The average Bonchev–Trinajstić information content (AvgIpc) is 2.69. The predicted molar refractivity (Wildman–Crippen MR) is 112 cm³/mol. The summed E-state index contributed by atoms with van der Waals surface area (Å²) in [6.07, 6.45) is 0.809. The molecule has 0 saturated heterocycles. The van der Waals surface area contributed by atoms with Crippen molar-refractivity contribution in [2.24, 2.45) is 0 Å². The Morgan fingerprint density at radius 3 is 2.52 bits per heavy atom. The Morgan fingerprint density at radius 2 is 1.86 bits per heavy atom. The molecule has 0 spiro atoms. The zero-order valence-corrected chi connectivity index (χ0v) is 17.5. The van der Waals surface area contributed by atoms with Gasteiger partial charge in [-0.2, -0.15) is 4.31 Å². The summed E-state index contributed by atoms with van der Waals surface area (Å²) in [7, 11) is -3.88. The van der Waals surface area contributed by atoms with Gasteiger partial charge < -0.3 is 10.6 Å². The van der Waals surface area contributed by atoms with Gasteiger partial charge in [-0.05, 0) is 56.2 Å². The molecule has 0 fully saturated rings. The first-order valence-electron chi connectivity index (χ1n) is 9.54. The molecule has 1 aliphatic heterocycles. The smallest absolute Gasteiger partial charge is 0.243 e. The summed E-state index contributed by atoms with van der Waals surface area (Å²) < 4.78 is 27.6. The van der Waals surface area contributed by atoms with E-state index in [1.165, 1.54) is 10.4 Å². The van der Waals surface area contributed by atoms with Crippen LogP contribution >= 0.6 is 0 Å². The summed E-state index contributed by atoms with van der Waals surface area (Å²) in [5.41, 5.74) is 3.09. The number of fused-ring (bicyclic) bond motifs is 1. The van der Waals surface area contributed by atoms with Gasteiger partial charge in [0.15, 0.2) is 0 Å². The number of carbonyl (C=O) groups is 2. The molecule has 2 aromatic carbocycles. The number of benzene rings is 2. The quantitative estimate of drug-likeness (QED) is 0.758. The molecular formula is C21H25N3O4S. The standard InChI is InChI=1S/C21H25N3O4S/c1-4-24(15(3)21(26)22-17-8-5-14(2)6-9-17)29(27,28)18-10-11-19-16(13-18)7-12-20(25)23-19/h5-6,8-11,13,15H,4,7,12H2,1-3H3,(H,22,26)(H,23,25)/t15-/m0/s1. The highest BCUT2D eigenvalue weighted by atomic mass is 32.2. The second-order valence-corrected chi connectivity index (χ2v) is 9.00. The highest BCUT2D eigenvalue weighted by Crippen LogP contribution is 2.28. The maximum Gasteiger partial charge on any atom is 0.243 e. The third kappa shape index (κ3) is 4.49. The first kappa shape index (κ1) is 21.0. The van der Waals surface area contributed by atoms with Gasteiger partial charge in [0.1, 0.15) is 6.04 Å². The maximum absolute atomic E-state index is 13.2. The van der Waals surface area contributed by atoms with Crippen molar-refractivity contribution in [3.05, 3.63) is 53.6 Å². The number of nitrogens with one attached hydrogen (secondary N) is 2. The second-order valence-electron chi connectivity index (χ2n) is 7.11. The number of hydrogen-bond acceptors (Lipinski definition) is 4. The summed E-state index contributed by atoms with van der Waals surface area (Å²) in [6, 6.07) is 11.1. The van der Waals surface area contributed by atoms with Gasteiger partial charge in [0, 0.05) is 24.3 Å². The molecule has 0 radical (unpaired) electrons. The fourth-order valence-electron chi connectivity index (χ4n) is 3.32. The van der Waals surface area contributed by atoms with Gasteiger partial charge in [-0.1, -0.05) is 24.6 Å². The van der Waals surface area contributed by atoms with E-state index in [1.54, 1.807) is 38.1 Å². The van der Waals surface area contributed by atoms with Crippen molar-refractivity contribution < 1.29 is 18.0 Å². The maximum atomic E-state index is 13.2. The molecule has 0 bridgehead atoms. The molecular weight excluding hydrogens is 390 g/mol. The van der Waals surface area contributed by atoms with Crippen LogP contribution in [0.25, 0.3) is 0 Å². The summed E-state index contributed by atoms with van der Waals surface area (Å²) >= 11 is 0. The summed E-state index contributed by atoms with van der Waals surface area (Å²) in [5, 5.41) is 5.51. The number of carbonyl (C=O) groups excluding carboxylic acids is 2. The van der Waals surface area contributed by atoms with E-state index in [0.717, 1.165) is 11.1 Å². The van der Waals surface area contributed by atoms with Crippen LogP contribution in [-0.2, 0) is 26.0 Å². The van der Waals surface area contributed by atoms with Gasteiger partial charge in [-0.3, -0.25) is 9.59 Å². The minimum Gasteiger partial charge on any atom is -0.326 e. The monoisotopic (exact) mass is 415 g/mol. The van der Waals surface area contributed by atoms with Gasteiger partial charge in [-0.15, -0.1) is 0 Å². The van der Waals surface area contributed by atoms with Crippen LogP contribution in [0.5, 0.6) is 0 Å². The zero-order valence-electron chi connectivity index (χ0n) is 16.7. The van der Waals surface area contributed by atoms with E-state index in [9.17, 15) is 18.0 Å². The van der Waals surface area contributed by atoms with E-state index < -0.39 is 22.0 Å². The minimum atomic E-state index is -3.88. The fourth-order valence-corrected chi connectivity index (χ4v) is 4.98. The Morgan fingerprint density at radius 1 is 1.17 bits per heavy atom. The van der Waals surface area contributed by atoms with Crippen LogP contribution in [0.15, 0.2) is 47.4 Å². The van der Waals surface area contributed by atoms with Gasteiger partial charge in [0.05, 0.1) is 4.90 Å². The van der Waals surface area contributed by atoms with Gasteiger partial charge >= 0.3 is 0 Å². The molecule has 0 unspecified atom stereocenters. The van der Waals surface area contributed by atoms with Crippen molar-refractivity contribution in [1.29, 1.82) is 0 Å². The topological polar surface area (TPSA) is 95.6 Å². The molecule has 29 heavy (non-hydrogen) atoms. The van der Waals surface area contributed by atoms with Crippen molar-refractivity contribution in [3.8, 4) is 0 Å². The van der Waals surface area contributed by atoms with Crippen LogP contribution in [-0.4, -0.2) is 37.1 Å². The molecule has 2 aromatic rings. The van der Waals surface area contributed by atoms with Crippen molar-refractivity contribution in [1.82, 2.24) is 4.31 Å². The van der Waals surface area contributed by atoms with Gasteiger partial charge in [0.2, 0.25) is 21.8 Å². The van der Waals surface area contributed by atoms with E-state index in [1.807, 2.05) is 19.1 Å². The molecule has 0 aromatic heterocycles. The van der Waals surface area contributed by atoms with Crippen LogP contribution in [0, 0.1) is 6.92 Å². The van der Waals surface area contributed by atoms with Crippen LogP contribution in [0.2, 0.25) is 0 Å². The van der Waals surface area contributed by atoms with E-state index in [0.29, 0.717) is 24.2 Å². The molecule has 7 nitrogen and oxygen atoms in total. The fraction of sp³-hybridized carbons (Fsp3) is 0.333. The largest absolute Gasteiger partial charge is 0.326 e. The van der Waals surface area contributed by atoms with Crippen molar-refractivity contribution >= 4 is 33.2 Å². The lowest BCUT2D eigenvalue weighted by molar-refractivity contribution is -0.119. The summed E-state index contributed by atoms with van der Waals surface area (Å²) in [6.45, 7) is 5.37. The molecule has 1 aliphatic rings. The Labute approximate surface area is 171 Å².